The van der Waals surface area contributed by atoms with Gasteiger partial charge in [-0.05, 0) is 45.7 Å². The molecule has 0 saturated carbocycles. The summed E-state index contributed by atoms with van der Waals surface area (Å²) in [5.74, 6) is 0. The Morgan fingerprint density at radius 2 is 1.64 bits per heavy atom. The second kappa shape index (κ2) is 6.74. The maximum Gasteiger partial charge on any atom is 0.269 e. The molecule has 0 saturated heterocycles. The van der Waals surface area contributed by atoms with Crippen molar-refractivity contribution in [1.82, 2.24) is 14.5 Å². The van der Waals surface area contributed by atoms with Gasteiger partial charge >= 0.3 is 0 Å². The summed E-state index contributed by atoms with van der Waals surface area (Å²) in [4.78, 5) is 20.8. The quantitative estimate of drug-likeness (QED) is 0.468. The molecule has 28 heavy (non-hydrogen) atoms. The second-order valence-corrected chi connectivity index (χ2v) is 6.81. The van der Waals surface area contributed by atoms with Gasteiger partial charge in [0.25, 0.3) is 5.56 Å². The molecule has 0 amide bonds. The molecule has 0 aliphatic heterocycles. The molecule has 0 N–H and O–H groups in total. The van der Waals surface area contributed by atoms with Crippen LogP contribution < -0.4 is 5.56 Å². The molecular formula is C24H17N3O. The maximum atomic E-state index is 12.4. The Balaban J connectivity index is 1.56. The van der Waals surface area contributed by atoms with Crippen molar-refractivity contribution in [3.05, 3.63) is 107 Å². The topological polar surface area (TPSA) is 47.8 Å². The van der Waals surface area contributed by atoms with Crippen LogP contribution >= 0.6 is 0 Å². The van der Waals surface area contributed by atoms with Crippen molar-refractivity contribution in [2.75, 3.05) is 0 Å². The van der Waals surface area contributed by atoms with Crippen molar-refractivity contribution < 1.29 is 0 Å². The van der Waals surface area contributed by atoms with E-state index in [2.05, 4.69) is 58.5 Å². The van der Waals surface area contributed by atoms with Gasteiger partial charge in [-0.25, -0.2) is 4.98 Å². The van der Waals surface area contributed by atoms with Crippen molar-refractivity contribution >= 4 is 21.8 Å². The molecular weight excluding hydrogens is 346 g/mol. The highest BCUT2D eigenvalue weighted by molar-refractivity contribution is 5.87. The third kappa shape index (κ3) is 2.95. The van der Waals surface area contributed by atoms with Gasteiger partial charge in [-0.1, -0.05) is 54.6 Å². The van der Waals surface area contributed by atoms with E-state index in [1.807, 2.05) is 24.3 Å². The number of rotatable bonds is 3. The first-order chi connectivity index (χ1) is 13.8. The molecule has 4 nitrogen and oxygen atoms in total. The van der Waals surface area contributed by atoms with Gasteiger partial charge < -0.3 is 0 Å². The number of hydrogen-bond acceptors (Lipinski definition) is 3. The van der Waals surface area contributed by atoms with Crippen LogP contribution in [0.2, 0.25) is 0 Å². The Morgan fingerprint density at radius 1 is 0.786 bits per heavy atom. The molecule has 0 aliphatic rings. The van der Waals surface area contributed by atoms with E-state index in [-0.39, 0.29) is 5.56 Å². The Hall–Kier alpha value is -3.79. The third-order valence-corrected chi connectivity index (χ3v) is 5.00. The van der Waals surface area contributed by atoms with Gasteiger partial charge in [-0.15, -0.1) is 0 Å². The summed E-state index contributed by atoms with van der Waals surface area (Å²) in [6.45, 7) is 0.477. The Morgan fingerprint density at radius 3 is 2.57 bits per heavy atom. The molecule has 0 radical (unpaired) electrons. The monoisotopic (exact) mass is 363 g/mol. The summed E-state index contributed by atoms with van der Waals surface area (Å²) >= 11 is 0. The van der Waals surface area contributed by atoms with E-state index in [0.29, 0.717) is 6.54 Å². The van der Waals surface area contributed by atoms with E-state index in [4.69, 9.17) is 0 Å². The van der Waals surface area contributed by atoms with Crippen molar-refractivity contribution in [3.8, 4) is 11.1 Å². The molecule has 0 aliphatic carbocycles. The molecule has 2 aromatic heterocycles. The molecule has 5 aromatic rings. The first kappa shape index (κ1) is 16.4. The molecule has 0 unspecified atom stereocenters. The lowest BCUT2D eigenvalue weighted by atomic mass is 10.00. The van der Waals surface area contributed by atoms with E-state index in [1.54, 1.807) is 17.0 Å². The number of pyridine rings is 1. The fraction of sp³-hybridized carbons (Fsp3) is 0.0417. The molecule has 0 fully saturated rings. The Labute approximate surface area is 161 Å². The first-order valence-corrected chi connectivity index (χ1v) is 9.16. The summed E-state index contributed by atoms with van der Waals surface area (Å²) in [6, 6.07) is 25.0. The van der Waals surface area contributed by atoms with Crippen LogP contribution in [0, 0.1) is 0 Å². The highest BCUT2D eigenvalue weighted by atomic mass is 16.1. The first-order valence-electron chi connectivity index (χ1n) is 9.16. The Bertz CT molecular complexity index is 1370. The van der Waals surface area contributed by atoms with E-state index >= 15 is 0 Å². The molecule has 5 rings (SSSR count). The molecule has 3 aromatic carbocycles. The van der Waals surface area contributed by atoms with Crippen LogP contribution in [0.1, 0.15) is 5.56 Å². The number of aromatic nitrogens is 3. The van der Waals surface area contributed by atoms with Gasteiger partial charge in [0, 0.05) is 6.20 Å². The van der Waals surface area contributed by atoms with Gasteiger partial charge in [0.1, 0.15) is 0 Å². The van der Waals surface area contributed by atoms with Crippen LogP contribution in [0.3, 0.4) is 0 Å². The molecule has 4 heteroatoms. The normalized spacial score (nSPS) is 11.1. The lowest BCUT2D eigenvalue weighted by molar-refractivity contribution is 0.785. The highest BCUT2D eigenvalue weighted by Gasteiger charge is 2.07. The van der Waals surface area contributed by atoms with E-state index in [1.165, 1.54) is 17.0 Å². The molecule has 134 valence electrons. The molecule has 0 atom stereocenters. The van der Waals surface area contributed by atoms with Gasteiger partial charge in [0.05, 0.1) is 30.0 Å². The smallest absolute Gasteiger partial charge is 0.269 e. The van der Waals surface area contributed by atoms with Gasteiger partial charge in [-0.2, -0.15) is 0 Å². The third-order valence-electron chi connectivity index (χ3n) is 5.00. The van der Waals surface area contributed by atoms with Crippen LogP contribution in [0.4, 0.5) is 0 Å². The molecule has 0 spiro atoms. The SMILES string of the molecule is O=c1cnc2ccncc2n1Cc1cccc(-c2ccc3ccccc3c2)c1. The van der Waals surface area contributed by atoms with Crippen molar-refractivity contribution in [2.45, 2.75) is 6.54 Å². The number of benzene rings is 3. The average Bonchev–Trinajstić information content (AvgIpc) is 2.76. The number of fused-ring (bicyclic) bond motifs is 2. The maximum absolute atomic E-state index is 12.4. The highest BCUT2D eigenvalue weighted by Crippen LogP contribution is 2.25. The van der Waals surface area contributed by atoms with Gasteiger partial charge in [0.15, 0.2) is 0 Å². The summed E-state index contributed by atoms with van der Waals surface area (Å²) < 4.78 is 1.72. The number of nitrogens with zero attached hydrogens (tertiary/aromatic N) is 3. The lowest BCUT2D eigenvalue weighted by Crippen LogP contribution is -2.21. The summed E-state index contributed by atoms with van der Waals surface area (Å²) in [7, 11) is 0. The van der Waals surface area contributed by atoms with Crippen LogP contribution in [0.15, 0.2) is 96.2 Å². The fourth-order valence-corrected chi connectivity index (χ4v) is 3.57. The zero-order chi connectivity index (χ0) is 18.9. The molecule has 0 bridgehead atoms. The standard InChI is InChI=1S/C24H17N3O/c28-24-15-26-22-10-11-25-14-23(22)27(24)16-17-4-3-7-19(12-17)21-9-8-18-5-1-2-6-20(18)13-21/h1-15H,16H2. The van der Waals surface area contributed by atoms with Crippen molar-refractivity contribution in [3.63, 3.8) is 0 Å². The zero-order valence-electron chi connectivity index (χ0n) is 15.1. The second-order valence-electron chi connectivity index (χ2n) is 6.81. The van der Waals surface area contributed by atoms with Crippen molar-refractivity contribution in [2.24, 2.45) is 0 Å². The van der Waals surface area contributed by atoms with E-state index in [9.17, 15) is 4.79 Å². The van der Waals surface area contributed by atoms with Crippen LogP contribution in [0.25, 0.3) is 32.9 Å². The summed E-state index contributed by atoms with van der Waals surface area (Å²) in [5.41, 5.74) is 4.73. The predicted molar refractivity (Wildman–Crippen MR) is 112 cm³/mol. The van der Waals surface area contributed by atoms with E-state index < -0.39 is 0 Å². The van der Waals surface area contributed by atoms with Gasteiger partial charge in [0.2, 0.25) is 0 Å². The average molecular weight is 363 g/mol. The van der Waals surface area contributed by atoms with E-state index in [0.717, 1.165) is 27.7 Å². The summed E-state index contributed by atoms with van der Waals surface area (Å²) in [6.07, 6.45) is 4.75. The largest absolute Gasteiger partial charge is 0.300 e. The fourth-order valence-electron chi connectivity index (χ4n) is 3.57. The van der Waals surface area contributed by atoms with Crippen molar-refractivity contribution in [1.29, 1.82) is 0 Å². The Kier molecular flexibility index (Phi) is 3.95. The van der Waals surface area contributed by atoms with Gasteiger partial charge in [-0.3, -0.25) is 14.3 Å². The van der Waals surface area contributed by atoms with Crippen LogP contribution in [-0.2, 0) is 6.54 Å². The van der Waals surface area contributed by atoms with Crippen LogP contribution in [0.5, 0.6) is 0 Å². The number of hydrogen-bond donors (Lipinski definition) is 0. The molecule has 2 heterocycles. The van der Waals surface area contributed by atoms with Crippen LogP contribution in [-0.4, -0.2) is 14.5 Å². The minimum absolute atomic E-state index is 0.128. The summed E-state index contributed by atoms with van der Waals surface area (Å²) in [5, 5.41) is 2.44. The minimum Gasteiger partial charge on any atom is -0.300 e. The predicted octanol–water partition coefficient (Wildman–Crippen LogP) is 4.66. The zero-order valence-corrected chi connectivity index (χ0v) is 15.1. The minimum atomic E-state index is -0.128. The lowest BCUT2D eigenvalue weighted by Gasteiger charge is -2.11.